The van der Waals surface area contributed by atoms with Crippen LogP contribution in [0.3, 0.4) is 0 Å². The van der Waals surface area contributed by atoms with Gasteiger partial charge in [-0.2, -0.15) is 0 Å². The molecule has 4 nitrogen and oxygen atoms in total. The Morgan fingerprint density at radius 3 is 2.21 bits per heavy atom. The van der Waals surface area contributed by atoms with Crippen LogP contribution in [-0.2, 0) is 9.53 Å². The highest BCUT2D eigenvalue weighted by molar-refractivity contribution is 5.76. The molecular formula is C15H32N2O2. The van der Waals surface area contributed by atoms with Gasteiger partial charge in [0.05, 0.1) is 12.5 Å². The molecule has 0 aromatic rings. The maximum absolute atomic E-state index is 11.5. The number of methoxy groups -OCH3 is 1. The molecule has 114 valence electrons. The molecule has 0 rings (SSSR count). The molecule has 0 aliphatic rings. The Kier molecular flexibility index (Phi) is 13.4. The van der Waals surface area contributed by atoms with Gasteiger partial charge in [-0.1, -0.05) is 51.9 Å². The molecule has 1 atom stereocenters. The Balaban J connectivity index is 3.27. The summed E-state index contributed by atoms with van der Waals surface area (Å²) in [5, 5.41) is 2.92. The lowest BCUT2D eigenvalue weighted by molar-refractivity contribution is -0.123. The lowest BCUT2D eigenvalue weighted by Gasteiger charge is -2.12. The number of carbonyl (C=O) groups excluding carboxylic acids is 1. The summed E-state index contributed by atoms with van der Waals surface area (Å²) in [6.07, 6.45) is 10.5. The summed E-state index contributed by atoms with van der Waals surface area (Å²) in [5.74, 6) is 0.0419. The van der Waals surface area contributed by atoms with Gasteiger partial charge >= 0.3 is 0 Å². The van der Waals surface area contributed by atoms with E-state index >= 15 is 0 Å². The van der Waals surface area contributed by atoms with E-state index in [0.717, 1.165) is 13.0 Å². The van der Waals surface area contributed by atoms with E-state index in [1.54, 1.807) is 7.11 Å². The molecule has 4 heteroatoms. The van der Waals surface area contributed by atoms with Gasteiger partial charge in [0.1, 0.15) is 0 Å². The molecule has 0 aromatic heterocycles. The van der Waals surface area contributed by atoms with E-state index in [2.05, 4.69) is 12.2 Å². The van der Waals surface area contributed by atoms with Crippen molar-refractivity contribution in [3.63, 3.8) is 0 Å². The molecule has 0 radical (unpaired) electrons. The summed E-state index contributed by atoms with van der Waals surface area (Å²) in [7, 11) is 1.59. The van der Waals surface area contributed by atoms with Crippen molar-refractivity contribution in [1.82, 2.24) is 5.32 Å². The third-order valence-corrected chi connectivity index (χ3v) is 3.36. The minimum atomic E-state index is -0.154. The molecule has 1 unspecified atom stereocenters. The Hall–Kier alpha value is -0.610. The predicted molar refractivity (Wildman–Crippen MR) is 80.1 cm³/mol. The zero-order valence-corrected chi connectivity index (χ0v) is 12.7. The van der Waals surface area contributed by atoms with Crippen LogP contribution in [-0.4, -0.2) is 32.2 Å². The second kappa shape index (κ2) is 13.8. The number of unbranched alkanes of at least 4 members (excludes halogenated alkanes) is 7. The second-order valence-electron chi connectivity index (χ2n) is 5.12. The lowest BCUT2D eigenvalue weighted by Crippen LogP contribution is -2.32. The Bertz CT molecular complexity index is 206. The Morgan fingerprint density at radius 2 is 1.68 bits per heavy atom. The fourth-order valence-electron chi connectivity index (χ4n) is 2.03. The van der Waals surface area contributed by atoms with Crippen LogP contribution in [0.5, 0.6) is 0 Å². The molecular weight excluding hydrogens is 240 g/mol. The highest BCUT2D eigenvalue weighted by Gasteiger charge is 2.10. The van der Waals surface area contributed by atoms with Crippen molar-refractivity contribution in [2.45, 2.75) is 70.8 Å². The average Bonchev–Trinajstić information content (AvgIpc) is 2.43. The summed E-state index contributed by atoms with van der Waals surface area (Å²) >= 11 is 0. The van der Waals surface area contributed by atoms with Gasteiger partial charge in [-0.3, -0.25) is 4.79 Å². The minimum Gasteiger partial charge on any atom is -0.380 e. The standard InChI is InChI=1S/C15H32N2O2/c1-3-4-5-6-7-8-9-10-11-17-15(18)12-14(13-16)19-2/h14H,3-13,16H2,1-2H3,(H,17,18). The first-order chi connectivity index (χ1) is 9.24. The van der Waals surface area contributed by atoms with Crippen molar-refractivity contribution in [2.75, 3.05) is 20.2 Å². The minimum absolute atomic E-state index is 0.0419. The molecule has 0 saturated carbocycles. The monoisotopic (exact) mass is 272 g/mol. The van der Waals surface area contributed by atoms with Gasteiger partial charge in [0.2, 0.25) is 5.91 Å². The molecule has 1 amide bonds. The normalized spacial score (nSPS) is 12.4. The summed E-state index contributed by atoms with van der Waals surface area (Å²) in [5.41, 5.74) is 5.47. The van der Waals surface area contributed by atoms with Crippen LogP contribution < -0.4 is 11.1 Å². The van der Waals surface area contributed by atoms with E-state index in [9.17, 15) is 4.79 Å². The molecule has 0 saturated heterocycles. The molecule has 0 aliphatic carbocycles. The number of nitrogens with one attached hydrogen (secondary N) is 1. The zero-order valence-electron chi connectivity index (χ0n) is 12.7. The van der Waals surface area contributed by atoms with Crippen molar-refractivity contribution in [3.8, 4) is 0 Å². The first kappa shape index (κ1) is 18.4. The number of hydrogen-bond acceptors (Lipinski definition) is 3. The summed E-state index contributed by atoms with van der Waals surface area (Å²) in [4.78, 5) is 11.5. The van der Waals surface area contributed by atoms with Crippen LogP contribution in [0.15, 0.2) is 0 Å². The first-order valence-electron chi connectivity index (χ1n) is 7.74. The van der Waals surface area contributed by atoms with Crippen LogP contribution >= 0.6 is 0 Å². The Labute approximate surface area is 118 Å². The van der Waals surface area contributed by atoms with Gasteiger partial charge in [-0.25, -0.2) is 0 Å². The molecule has 0 heterocycles. The smallest absolute Gasteiger partial charge is 0.222 e. The molecule has 0 aliphatic heterocycles. The quantitative estimate of drug-likeness (QED) is 0.507. The van der Waals surface area contributed by atoms with Crippen LogP contribution in [0.2, 0.25) is 0 Å². The van der Waals surface area contributed by atoms with Crippen LogP contribution in [0.4, 0.5) is 0 Å². The van der Waals surface area contributed by atoms with Gasteiger partial charge in [0.25, 0.3) is 0 Å². The second-order valence-corrected chi connectivity index (χ2v) is 5.12. The van der Waals surface area contributed by atoms with E-state index in [0.29, 0.717) is 13.0 Å². The van der Waals surface area contributed by atoms with Gasteiger partial charge in [0.15, 0.2) is 0 Å². The van der Waals surface area contributed by atoms with Gasteiger partial charge in [-0.15, -0.1) is 0 Å². The fourth-order valence-corrected chi connectivity index (χ4v) is 2.03. The maximum Gasteiger partial charge on any atom is 0.222 e. The number of amides is 1. The highest BCUT2D eigenvalue weighted by atomic mass is 16.5. The molecule has 0 bridgehead atoms. The first-order valence-corrected chi connectivity index (χ1v) is 7.74. The van der Waals surface area contributed by atoms with E-state index in [-0.39, 0.29) is 12.0 Å². The van der Waals surface area contributed by atoms with Crippen molar-refractivity contribution < 1.29 is 9.53 Å². The number of carbonyl (C=O) groups is 1. The Morgan fingerprint density at radius 1 is 1.11 bits per heavy atom. The number of hydrogen-bond donors (Lipinski definition) is 2. The van der Waals surface area contributed by atoms with Crippen LogP contribution in [0.1, 0.15) is 64.7 Å². The van der Waals surface area contributed by atoms with Crippen molar-refractivity contribution in [3.05, 3.63) is 0 Å². The molecule has 0 aromatic carbocycles. The van der Waals surface area contributed by atoms with Gasteiger partial charge < -0.3 is 15.8 Å². The largest absolute Gasteiger partial charge is 0.380 e. The SMILES string of the molecule is CCCCCCCCCCNC(=O)CC(CN)OC. The summed E-state index contributed by atoms with van der Waals surface area (Å²) in [6, 6.07) is 0. The third-order valence-electron chi connectivity index (χ3n) is 3.36. The van der Waals surface area contributed by atoms with E-state index in [4.69, 9.17) is 10.5 Å². The number of ether oxygens (including phenoxy) is 1. The molecule has 19 heavy (non-hydrogen) atoms. The van der Waals surface area contributed by atoms with Gasteiger partial charge in [0, 0.05) is 20.2 Å². The van der Waals surface area contributed by atoms with Crippen molar-refractivity contribution in [1.29, 1.82) is 0 Å². The average molecular weight is 272 g/mol. The van der Waals surface area contributed by atoms with Crippen molar-refractivity contribution >= 4 is 5.91 Å². The molecule has 3 N–H and O–H groups in total. The molecule has 0 fully saturated rings. The number of nitrogens with two attached hydrogens (primary N) is 1. The van der Waals surface area contributed by atoms with Crippen molar-refractivity contribution in [2.24, 2.45) is 5.73 Å². The third kappa shape index (κ3) is 12.2. The zero-order chi connectivity index (χ0) is 14.3. The predicted octanol–water partition coefficient (Wildman–Crippen LogP) is 2.61. The maximum atomic E-state index is 11.5. The summed E-state index contributed by atoms with van der Waals surface area (Å²) < 4.78 is 5.08. The van der Waals surface area contributed by atoms with E-state index in [1.807, 2.05) is 0 Å². The van der Waals surface area contributed by atoms with E-state index < -0.39 is 0 Å². The lowest BCUT2D eigenvalue weighted by atomic mass is 10.1. The number of rotatable bonds is 13. The topological polar surface area (TPSA) is 64.4 Å². The van der Waals surface area contributed by atoms with Crippen LogP contribution in [0.25, 0.3) is 0 Å². The highest BCUT2D eigenvalue weighted by Crippen LogP contribution is 2.07. The van der Waals surface area contributed by atoms with Gasteiger partial charge in [-0.05, 0) is 6.42 Å². The van der Waals surface area contributed by atoms with E-state index in [1.165, 1.54) is 44.9 Å². The van der Waals surface area contributed by atoms with Crippen LogP contribution in [0, 0.1) is 0 Å². The fraction of sp³-hybridized carbons (Fsp3) is 0.933. The molecule has 0 spiro atoms. The summed E-state index contributed by atoms with van der Waals surface area (Å²) in [6.45, 7) is 3.40.